The van der Waals surface area contributed by atoms with E-state index >= 15 is 0 Å². The van der Waals surface area contributed by atoms with Crippen molar-refractivity contribution in [2.75, 3.05) is 0 Å². The summed E-state index contributed by atoms with van der Waals surface area (Å²) in [5, 5.41) is 4.62. The van der Waals surface area contributed by atoms with Crippen LogP contribution in [0.4, 0.5) is 0 Å². The normalized spacial score (nSPS) is 12.3. The Bertz CT molecular complexity index is 122. The van der Waals surface area contributed by atoms with Gasteiger partial charge in [0.25, 0.3) is 0 Å². The number of hydrogen-bond donors (Lipinski definition) is 0. The van der Waals surface area contributed by atoms with E-state index in [9.17, 15) is 0 Å². The minimum absolute atomic E-state index is 0. The van der Waals surface area contributed by atoms with Crippen molar-refractivity contribution >= 4 is 40.2 Å². The molecule has 0 aromatic rings. The van der Waals surface area contributed by atoms with Gasteiger partial charge in [-0.25, -0.2) is 0 Å². The average Bonchev–Trinajstić information content (AvgIpc) is 2.64. The Morgan fingerprint density at radius 3 is 1.23 bits per heavy atom. The Morgan fingerprint density at radius 2 is 1.15 bits per heavy atom. The van der Waals surface area contributed by atoms with E-state index in [0.29, 0.717) is 0 Å². The van der Waals surface area contributed by atoms with Crippen molar-refractivity contribution in [1.29, 1.82) is 0 Å². The summed E-state index contributed by atoms with van der Waals surface area (Å²) < 4.78 is 0. The van der Waals surface area contributed by atoms with Gasteiger partial charge in [0.1, 0.15) is 0 Å². The first kappa shape index (κ1) is 16.3. The molecular formula is C11H24GeIn. The van der Waals surface area contributed by atoms with Crippen molar-refractivity contribution in [2.45, 2.75) is 36.5 Å². The van der Waals surface area contributed by atoms with Crippen LogP contribution in [-0.4, -0.2) is 40.2 Å². The fourth-order valence-electron chi connectivity index (χ4n) is 1.19. The predicted molar refractivity (Wildman–Crippen MR) is 71.1 cm³/mol. The van der Waals surface area contributed by atoms with Crippen LogP contribution in [0.1, 0.15) is 20.8 Å². The van der Waals surface area contributed by atoms with Crippen molar-refractivity contribution < 1.29 is 0 Å². The van der Waals surface area contributed by atoms with Crippen molar-refractivity contribution in [3.63, 3.8) is 0 Å². The van der Waals surface area contributed by atoms with Crippen LogP contribution in [-0.2, 0) is 0 Å². The van der Waals surface area contributed by atoms with E-state index in [1.165, 1.54) is 0 Å². The molecule has 0 heterocycles. The van der Waals surface area contributed by atoms with Gasteiger partial charge in [-0.1, -0.05) is 24.3 Å². The molecule has 0 nitrogen and oxygen atoms in total. The van der Waals surface area contributed by atoms with Crippen LogP contribution >= 0.6 is 0 Å². The molecule has 75 valence electrons. The second kappa shape index (κ2) is 12.9. The maximum atomic E-state index is 2.34. The Balaban J connectivity index is 0. The molecule has 1 aliphatic rings. The maximum absolute atomic E-state index is 2.34. The fraction of sp³-hybridized carbons (Fsp3) is 0.545. The van der Waals surface area contributed by atoms with Gasteiger partial charge in [-0.05, 0) is 0 Å². The average molecular weight is 344 g/mol. The summed E-state index contributed by atoms with van der Waals surface area (Å²) in [7, 11) is 0. The van der Waals surface area contributed by atoms with Gasteiger partial charge in [0.15, 0.2) is 0 Å². The molecule has 0 saturated carbocycles. The molecule has 0 aliphatic heterocycles. The molecule has 0 amide bonds. The molecule has 0 N–H and O–H groups in total. The quantitative estimate of drug-likeness (QED) is 0.690. The summed E-state index contributed by atoms with van der Waals surface area (Å²) in [5.74, 6) is 0. The van der Waals surface area contributed by atoms with E-state index in [0.717, 1.165) is 0 Å². The number of hydrogen-bond acceptors (Lipinski definition) is 0. The minimum atomic E-state index is -0.576. The van der Waals surface area contributed by atoms with Gasteiger partial charge in [0.2, 0.25) is 0 Å². The van der Waals surface area contributed by atoms with Crippen LogP contribution in [0.3, 0.4) is 0 Å². The zero-order valence-electron chi connectivity index (χ0n) is 8.59. The van der Waals surface area contributed by atoms with Crippen LogP contribution in [0.5, 0.6) is 0 Å². The third kappa shape index (κ3) is 10.8. The van der Waals surface area contributed by atoms with E-state index in [4.69, 9.17) is 0 Å². The standard InChI is InChI=1S/C6H16Ge.C5H5.In.3H/c1-4-7(5-2)6-3;1-2-4-5-3-1;;;;/h7H,4-6H2,1-3H3;1-5H;;;;. The van der Waals surface area contributed by atoms with Gasteiger partial charge in [0, 0.05) is 6.42 Å². The zero-order valence-corrected chi connectivity index (χ0v) is 11.0. The summed E-state index contributed by atoms with van der Waals surface area (Å²) in [6.45, 7) is 7.03. The van der Waals surface area contributed by atoms with Crippen molar-refractivity contribution in [3.05, 3.63) is 30.7 Å². The molecule has 0 unspecified atom stereocenters. The molecule has 2 heteroatoms. The van der Waals surface area contributed by atoms with Crippen molar-refractivity contribution in [2.24, 2.45) is 0 Å². The molecule has 0 saturated heterocycles. The van der Waals surface area contributed by atoms with Gasteiger partial charge >= 0.3 is 76.7 Å². The third-order valence-electron chi connectivity index (χ3n) is 2.29. The topological polar surface area (TPSA) is 0 Å². The Morgan fingerprint density at radius 1 is 0.769 bits per heavy atom. The SMILES string of the molecule is C[CH2][GeH]([CH2]C)[CH2]C.[CH]1C=CC=C1.[InH3]. The molecule has 1 rings (SSSR count). The van der Waals surface area contributed by atoms with Crippen molar-refractivity contribution in [3.8, 4) is 0 Å². The summed E-state index contributed by atoms with van der Waals surface area (Å²) in [6.07, 6.45) is 10.0. The van der Waals surface area contributed by atoms with Gasteiger partial charge in [0.05, 0.1) is 0 Å². The molecule has 0 bridgehead atoms. The first-order valence-electron chi connectivity index (χ1n) is 5.01. The van der Waals surface area contributed by atoms with Crippen LogP contribution < -0.4 is 0 Å². The third-order valence-corrected chi connectivity index (χ3v) is 9.56. The number of rotatable bonds is 3. The second-order valence-corrected chi connectivity index (χ2v) is 11.8. The van der Waals surface area contributed by atoms with E-state index in [1.807, 2.05) is 30.7 Å². The molecule has 0 aromatic carbocycles. The van der Waals surface area contributed by atoms with Gasteiger partial charge in [-0.3, -0.25) is 0 Å². The molecule has 1 radical (unpaired) electrons. The first-order chi connectivity index (χ1) is 5.85. The Kier molecular flexibility index (Phi) is 16.2. The van der Waals surface area contributed by atoms with Gasteiger partial charge < -0.3 is 0 Å². The molecule has 13 heavy (non-hydrogen) atoms. The first-order valence-corrected chi connectivity index (χ1v) is 10.2. The Labute approximate surface area is 107 Å². The molecule has 1 aliphatic carbocycles. The van der Waals surface area contributed by atoms with Crippen LogP contribution in [0.15, 0.2) is 24.3 Å². The summed E-state index contributed by atoms with van der Waals surface area (Å²) in [4.78, 5) is 0. The van der Waals surface area contributed by atoms with E-state index in [2.05, 4.69) is 20.8 Å². The number of allylic oxidation sites excluding steroid dienone is 4. The predicted octanol–water partition coefficient (Wildman–Crippen LogP) is 2.41. The van der Waals surface area contributed by atoms with Crippen molar-refractivity contribution in [1.82, 2.24) is 0 Å². The molecule has 0 fully saturated rings. The zero-order chi connectivity index (χ0) is 9.23. The second-order valence-electron chi connectivity index (χ2n) is 3.05. The van der Waals surface area contributed by atoms with Crippen LogP contribution in [0, 0.1) is 6.42 Å². The molecule has 0 atom stereocenters. The Hall–Kier alpha value is 0.893. The van der Waals surface area contributed by atoms with E-state index in [-0.39, 0.29) is 25.8 Å². The molecule has 0 spiro atoms. The molecule has 0 aromatic heterocycles. The van der Waals surface area contributed by atoms with E-state index < -0.39 is 14.3 Å². The summed E-state index contributed by atoms with van der Waals surface area (Å²) in [6, 6.07) is 0. The summed E-state index contributed by atoms with van der Waals surface area (Å²) in [5.41, 5.74) is 0. The summed E-state index contributed by atoms with van der Waals surface area (Å²) >= 11 is -0.576. The van der Waals surface area contributed by atoms with Gasteiger partial charge in [-0.15, -0.1) is 0 Å². The van der Waals surface area contributed by atoms with Crippen LogP contribution in [0.2, 0.25) is 15.8 Å². The van der Waals surface area contributed by atoms with E-state index in [1.54, 1.807) is 15.8 Å². The monoisotopic (exact) mass is 345 g/mol. The molecular weight excluding hydrogens is 320 g/mol. The van der Waals surface area contributed by atoms with Gasteiger partial charge in [-0.2, -0.15) is 0 Å². The van der Waals surface area contributed by atoms with Crippen LogP contribution in [0.25, 0.3) is 0 Å². The fourth-order valence-corrected chi connectivity index (χ4v) is 4.82.